The fourth-order valence-electron chi connectivity index (χ4n) is 2.93. The monoisotopic (exact) mass is 404 g/mol. The molecule has 0 radical (unpaired) electrons. The summed E-state index contributed by atoms with van der Waals surface area (Å²) < 4.78 is 37.3. The molecule has 148 valence electrons. The number of hydrogen-bond donors (Lipinski definition) is 1. The van der Waals surface area contributed by atoms with Crippen LogP contribution in [0.4, 0.5) is 0 Å². The van der Waals surface area contributed by atoms with Crippen molar-refractivity contribution in [2.75, 3.05) is 27.8 Å². The molecule has 0 fully saturated rings. The third-order valence-corrected chi connectivity index (χ3v) is 6.43. The maximum absolute atomic E-state index is 12.8. The molecule has 0 saturated heterocycles. The normalized spacial score (nSPS) is 13.4. The first-order chi connectivity index (χ1) is 13.3. The third kappa shape index (κ3) is 3.58. The molecule has 1 N–H and O–H groups in total. The number of hydrogen-bond acceptors (Lipinski definition) is 6. The predicted molar refractivity (Wildman–Crippen MR) is 101 cm³/mol. The lowest BCUT2D eigenvalue weighted by atomic mass is 10.1. The van der Waals surface area contributed by atoms with Gasteiger partial charge in [0.15, 0.2) is 11.5 Å². The zero-order valence-electron chi connectivity index (χ0n) is 15.7. The first-order valence-electron chi connectivity index (χ1n) is 8.45. The summed E-state index contributed by atoms with van der Waals surface area (Å²) in [5, 5.41) is 2.15. The smallest absolute Gasteiger partial charge is 0.258 e. The summed E-state index contributed by atoms with van der Waals surface area (Å²) in [6, 6.07) is 9.32. The van der Waals surface area contributed by atoms with Crippen LogP contribution in [0.25, 0.3) is 0 Å². The van der Waals surface area contributed by atoms with E-state index in [1.165, 1.54) is 36.7 Å². The van der Waals surface area contributed by atoms with E-state index in [9.17, 15) is 18.0 Å². The number of carbonyl (C=O) groups excluding carboxylic acids is 2. The average Bonchev–Trinajstić information content (AvgIpc) is 2.99. The summed E-state index contributed by atoms with van der Waals surface area (Å²) in [4.78, 5) is 23.4. The molecule has 0 spiro atoms. The van der Waals surface area contributed by atoms with Crippen LogP contribution in [0.15, 0.2) is 41.3 Å². The number of sulfonamides is 1. The van der Waals surface area contributed by atoms with Crippen molar-refractivity contribution in [2.24, 2.45) is 0 Å². The highest BCUT2D eigenvalue weighted by molar-refractivity contribution is 7.89. The maximum atomic E-state index is 12.8. The number of fused-ring (bicyclic) bond motifs is 1. The second-order valence-corrected chi connectivity index (χ2v) is 8.30. The molecule has 0 unspecified atom stereocenters. The summed E-state index contributed by atoms with van der Waals surface area (Å²) in [6.45, 7) is 0.222. The minimum absolute atomic E-state index is 0.0362. The van der Waals surface area contributed by atoms with E-state index < -0.39 is 21.8 Å². The Morgan fingerprint density at radius 2 is 1.61 bits per heavy atom. The summed E-state index contributed by atoms with van der Waals surface area (Å²) in [5.74, 6) is 0.0498. The Morgan fingerprint density at radius 1 is 0.929 bits per heavy atom. The number of rotatable bonds is 7. The molecule has 0 aliphatic carbocycles. The van der Waals surface area contributed by atoms with Crippen molar-refractivity contribution in [1.82, 2.24) is 9.62 Å². The number of imide groups is 1. The number of nitrogens with zero attached hydrogens (tertiary/aromatic N) is 1. The minimum Gasteiger partial charge on any atom is -0.493 e. The van der Waals surface area contributed by atoms with Crippen LogP contribution < -0.4 is 14.8 Å². The van der Waals surface area contributed by atoms with Gasteiger partial charge in [-0.1, -0.05) is 6.07 Å². The standard InChI is InChI=1S/C19H20N2O6S/c1-21(9-8-12-4-7-16(26-2)17(10-12)27-3)28(24,25)13-5-6-14-15(11-13)19(23)20-18(14)22/h4-7,10-11H,8-9H2,1-3H3,(H,20,22,23). The molecule has 1 heterocycles. The molecule has 2 aromatic carbocycles. The number of methoxy groups -OCH3 is 2. The van der Waals surface area contributed by atoms with E-state index in [0.717, 1.165) is 5.56 Å². The summed E-state index contributed by atoms with van der Waals surface area (Å²) in [6.07, 6.45) is 0.458. The SMILES string of the molecule is COc1ccc(CCN(C)S(=O)(=O)c2ccc3c(c2)C(=O)NC3=O)cc1OC. The Bertz CT molecular complexity index is 1050. The van der Waals surface area contributed by atoms with E-state index in [1.807, 2.05) is 6.07 Å². The molecular weight excluding hydrogens is 384 g/mol. The highest BCUT2D eigenvalue weighted by atomic mass is 32.2. The van der Waals surface area contributed by atoms with Crippen LogP contribution in [0.3, 0.4) is 0 Å². The van der Waals surface area contributed by atoms with Crippen LogP contribution in [0.1, 0.15) is 26.3 Å². The Hall–Kier alpha value is -2.91. The molecule has 0 bridgehead atoms. The number of nitrogens with one attached hydrogen (secondary N) is 1. The number of benzene rings is 2. The van der Waals surface area contributed by atoms with Crippen LogP contribution in [-0.4, -0.2) is 52.3 Å². The van der Waals surface area contributed by atoms with Crippen LogP contribution in [0.2, 0.25) is 0 Å². The lowest BCUT2D eigenvalue weighted by Gasteiger charge is -2.18. The Labute approximate surface area is 163 Å². The van der Waals surface area contributed by atoms with Gasteiger partial charge >= 0.3 is 0 Å². The Kier molecular flexibility index (Phi) is 5.39. The van der Waals surface area contributed by atoms with Gasteiger partial charge in [-0.05, 0) is 42.3 Å². The molecule has 2 aromatic rings. The van der Waals surface area contributed by atoms with Gasteiger partial charge in [0, 0.05) is 13.6 Å². The van der Waals surface area contributed by atoms with E-state index in [-0.39, 0.29) is 22.6 Å². The number of carbonyl (C=O) groups is 2. The van der Waals surface area contributed by atoms with E-state index in [4.69, 9.17) is 9.47 Å². The fourth-order valence-corrected chi connectivity index (χ4v) is 4.13. The number of amides is 2. The van der Waals surface area contributed by atoms with Gasteiger partial charge < -0.3 is 9.47 Å². The quantitative estimate of drug-likeness (QED) is 0.701. The van der Waals surface area contributed by atoms with Gasteiger partial charge in [-0.2, -0.15) is 0 Å². The first-order valence-corrected chi connectivity index (χ1v) is 9.89. The van der Waals surface area contributed by atoms with Crippen molar-refractivity contribution < 1.29 is 27.5 Å². The van der Waals surface area contributed by atoms with Crippen molar-refractivity contribution in [3.63, 3.8) is 0 Å². The molecule has 2 amide bonds. The van der Waals surface area contributed by atoms with Gasteiger partial charge in [0.1, 0.15) is 0 Å². The molecular formula is C19H20N2O6S. The van der Waals surface area contributed by atoms with E-state index in [2.05, 4.69) is 5.32 Å². The number of ether oxygens (including phenoxy) is 2. The van der Waals surface area contributed by atoms with Crippen molar-refractivity contribution in [3.8, 4) is 11.5 Å². The third-order valence-electron chi connectivity index (χ3n) is 4.58. The van der Waals surface area contributed by atoms with Crippen molar-refractivity contribution >= 4 is 21.8 Å². The largest absolute Gasteiger partial charge is 0.493 e. The van der Waals surface area contributed by atoms with Crippen LogP contribution in [0, 0.1) is 0 Å². The van der Waals surface area contributed by atoms with E-state index >= 15 is 0 Å². The van der Waals surface area contributed by atoms with Gasteiger partial charge in [-0.3, -0.25) is 14.9 Å². The molecule has 1 aliphatic rings. The van der Waals surface area contributed by atoms with Crippen LogP contribution in [-0.2, 0) is 16.4 Å². The van der Waals surface area contributed by atoms with Crippen molar-refractivity contribution in [1.29, 1.82) is 0 Å². The highest BCUT2D eigenvalue weighted by Crippen LogP contribution is 2.28. The molecule has 9 heteroatoms. The summed E-state index contributed by atoms with van der Waals surface area (Å²) in [7, 11) is 0.731. The first kappa shape index (κ1) is 19.8. The van der Waals surface area contributed by atoms with Gasteiger partial charge in [0.05, 0.1) is 30.2 Å². The Balaban J connectivity index is 1.77. The van der Waals surface area contributed by atoms with Gasteiger partial charge in [-0.25, -0.2) is 12.7 Å². The molecule has 8 nitrogen and oxygen atoms in total. The predicted octanol–water partition coefficient (Wildman–Crippen LogP) is 1.45. The summed E-state index contributed by atoms with van der Waals surface area (Å²) >= 11 is 0. The molecule has 1 aliphatic heterocycles. The fraction of sp³-hybridized carbons (Fsp3) is 0.263. The molecule has 0 saturated carbocycles. The van der Waals surface area contributed by atoms with Crippen molar-refractivity contribution in [2.45, 2.75) is 11.3 Å². The maximum Gasteiger partial charge on any atom is 0.258 e. The molecule has 0 aromatic heterocycles. The zero-order chi connectivity index (χ0) is 20.5. The van der Waals surface area contributed by atoms with Gasteiger partial charge in [0.25, 0.3) is 11.8 Å². The highest BCUT2D eigenvalue weighted by Gasteiger charge is 2.30. The summed E-state index contributed by atoms with van der Waals surface area (Å²) in [5.41, 5.74) is 1.13. The minimum atomic E-state index is -3.81. The van der Waals surface area contributed by atoms with E-state index in [1.54, 1.807) is 19.2 Å². The second-order valence-electron chi connectivity index (χ2n) is 6.26. The van der Waals surface area contributed by atoms with Gasteiger partial charge in [0.2, 0.25) is 10.0 Å². The van der Waals surface area contributed by atoms with Crippen LogP contribution in [0.5, 0.6) is 11.5 Å². The molecule has 0 atom stereocenters. The lowest BCUT2D eigenvalue weighted by molar-refractivity contribution is 0.0879. The molecule has 3 rings (SSSR count). The second kappa shape index (κ2) is 7.61. The topological polar surface area (TPSA) is 102 Å². The van der Waals surface area contributed by atoms with Crippen molar-refractivity contribution in [3.05, 3.63) is 53.1 Å². The molecule has 28 heavy (non-hydrogen) atoms. The van der Waals surface area contributed by atoms with E-state index in [0.29, 0.717) is 17.9 Å². The van der Waals surface area contributed by atoms with Gasteiger partial charge in [-0.15, -0.1) is 0 Å². The Morgan fingerprint density at radius 3 is 2.29 bits per heavy atom. The number of likely N-dealkylation sites (N-methyl/N-ethyl adjacent to an activating group) is 1. The van der Waals surface area contributed by atoms with Crippen LogP contribution >= 0.6 is 0 Å². The average molecular weight is 404 g/mol. The lowest BCUT2D eigenvalue weighted by Crippen LogP contribution is -2.29. The zero-order valence-corrected chi connectivity index (χ0v) is 16.5.